The van der Waals surface area contributed by atoms with Gasteiger partial charge in [0, 0.05) is 12.1 Å². The van der Waals surface area contributed by atoms with Crippen LogP contribution in [0.1, 0.15) is 18.4 Å². The highest BCUT2D eigenvalue weighted by Crippen LogP contribution is 2.27. The van der Waals surface area contributed by atoms with Crippen LogP contribution in [0.15, 0.2) is 131 Å². The molecule has 0 aliphatic carbocycles. The number of carbonyl (C=O) groups is 2. The molecule has 0 saturated carbocycles. The van der Waals surface area contributed by atoms with E-state index in [1.165, 1.54) is 43.4 Å². The van der Waals surface area contributed by atoms with Gasteiger partial charge in [0.05, 0.1) is 22.9 Å². The maximum absolute atomic E-state index is 12.9. The Morgan fingerprint density at radius 1 is 0.685 bits per heavy atom. The molecule has 0 unspecified atom stereocenters. The van der Waals surface area contributed by atoms with Crippen LogP contribution < -0.4 is 9.46 Å². The summed E-state index contributed by atoms with van der Waals surface area (Å²) in [5, 5.41) is 20.9. The Morgan fingerprint density at radius 2 is 1.17 bits per heavy atom. The molecule has 0 saturated heterocycles. The van der Waals surface area contributed by atoms with Crippen LogP contribution in [-0.4, -0.2) is 85.7 Å². The second-order valence-corrected chi connectivity index (χ2v) is 16.5. The zero-order valence-electron chi connectivity index (χ0n) is 29.3. The fourth-order valence-electron chi connectivity index (χ4n) is 5.42. The largest absolute Gasteiger partial charge is 0.457 e. The first-order chi connectivity index (χ1) is 25.7. The first-order valence-electron chi connectivity index (χ1n) is 16.7. The number of likely N-dealkylation sites (N-methyl/N-ethyl adjacent to an activating group) is 1. The number of amides is 2. The number of aryl methyl sites for hydroxylation is 1. The third kappa shape index (κ3) is 10.0. The number of halogens is 1. The predicted octanol–water partition coefficient (Wildman–Crippen LogP) is 5.79. The fourth-order valence-corrected chi connectivity index (χ4v) is 8.07. The molecule has 4 aromatic carbocycles. The lowest BCUT2D eigenvalue weighted by Gasteiger charge is -2.26. The van der Waals surface area contributed by atoms with E-state index < -0.39 is 43.9 Å². The second-order valence-electron chi connectivity index (χ2n) is 12.4. The molecule has 0 spiro atoms. The average molecular weight is 795 g/mol. The molecule has 0 radical (unpaired) electrons. The van der Waals surface area contributed by atoms with E-state index in [4.69, 9.17) is 16.3 Å². The van der Waals surface area contributed by atoms with Crippen LogP contribution in [0.5, 0.6) is 11.5 Å². The zero-order valence-corrected chi connectivity index (χ0v) is 31.7. The van der Waals surface area contributed by atoms with Gasteiger partial charge in [0.1, 0.15) is 23.6 Å². The quantitative estimate of drug-likeness (QED) is 0.140. The molecular formula is C38H39ClN4O9S2. The number of nitrogens with zero attached hydrogens (tertiary/aromatic N) is 3. The molecule has 2 aliphatic rings. The lowest BCUT2D eigenvalue weighted by Crippen LogP contribution is -2.47. The number of carbonyl (C=O) groups excluding carboxylic acids is 2. The molecule has 3 N–H and O–H groups in total. The molecule has 13 nitrogen and oxygen atoms in total. The summed E-state index contributed by atoms with van der Waals surface area (Å²) in [4.78, 5) is 24.4. The van der Waals surface area contributed by atoms with E-state index in [-0.39, 0.29) is 35.7 Å². The van der Waals surface area contributed by atoms with Crippen molar-refractivity contribution in [2.24, 2.45) is 0 Å². The summed E-state index contributed by atoms with van der Waals surface area (Å²) in [6, 6.07) is 25.0. The second kappa shape index (κ2) is 17.5. The lowest BCUT2D eigenvalue weighted by molar-refractivity contribution is -0.166. The number of rotatable bonds is 9. The van der Waals surface area contributed by atoms with E-state index in [9.17, 15) is 36.8 Å². The molecule has 2 aliphatic heterocycles. The minimum Gasteiger partial charge on any atom is -0.457 e. The van der Waals surface area contributed by atoms with Crippen LogP contribution in [0.2, 0.25) is 5.02 Å². The van der Waals surface area contributed by atoms with Crippen LogP contribution in [0.3, 0.4) is 0 Å². The molecule has 4 aromatic rings. The van der Waals surface area contributed by atoms with Crippen molar-refractivity contribution in [3.05, 3.63) is 132 Å². The van der Waals surface area contributed by atoms with Gasteiger partial charge in [-0.2, -0.15) is 9.03 Å². The number of benzene rings is 4. The summed E-state index contributed by atoms with van der Waals surface area (Å²) in [5.41, 5.74) is 3.05. The molecule has 2 atom stereocenters. The molecule has 2 amide bonds. The van der Waals surface area contributed by atoms with Crippen LogP contribution in [0.4, 0.5) is 0 Å². The Labute approximate surface area is 319 Å². The Hall–Kier alpha value is -4.87. The van der Waals surface area contributed by atoms with Crippen molar-refractivity contribution >= 4 is 43.5 Å². The number of ether oxygens (including phenoxy) is 1. The monoisotopic (exact) mass is 794 g/mol. The van der Waals surface area contributed by atoms with E-state index in [2.05, 4.69) is 4.72 Å². The van der Waals surface area contributed by atoms with Crippen LogP contribution in [0, 0.1) is 6.92 Å². The Morgan fingerprint density at radius 3 is 1.74 bits per heavy atom. The summed E-state index contributed by atoms with van der Waals surface area (Å²) in [6.45, 7) is 2.07. The number of nitrogens with one attached hydrogen (secondary N) is 1. The van der Waals surface area contributed by atoms with Gasteiger partial charge in [-0.1, -0.05) is 77.9 Å². The molecule has 0 bridgehead atoms. The van der Waals surface area contributed by atoms with Gasteiger partial charge < -0.3 is 4.74 Å². The van der Waals surface area contributed by atoms with Crippen molar-refractivity contribution in [3.63, 3.8) is 0 Å². The lowest BCUT2D eigenvalue weighted by atomic mass is 10.0. The molecule has 284 valence electrons. The Bertz CT molecular complexity index is 2210. The fraction of sp³-hybridized carbons (Fsp3) is 0.211. The molecule has 54 heavy (non-hydrogen) atoms. The van der Waals surface area contributed by atoms with E-state index in [0.29, 0.717) is 26.6 Å². The van der Waals surface area contributed by atoms with Crippen LogP contribution in [0.25, 0.3) is 11.1 Å². The number of sulfonamides is 2. The van der Waals surface area contributed by atoms with Crippen LogP contribution in [-0.2, 0) is 29.6 Å². The van der Waals surface area contributed by atoms with Crippen molar-refractivity contribution in [3.8, 4) is 22.6 Å². The summed E-state index contributed by atoms with van der Waals surface area (Å²) in [5.74, 6) is -0.316. The van der Waals surface area contributed by atoms with E-state index in [1.807, 2.05) is 31.2 Å². The highest BCUT2D eigenvalue weighted by atomic mass is 35.5. The van der Waals surface area contributed by atoms with E-state index in [1.54, 1.807) is 60.7 Å². The Balaban J connectivity index is 0.000000208. The Kier molecular flexibility index (Phi) is 13.1. The van der Waals surface area contributed by atoms with Crippen molar-refractivity contribution in [2.45, 2.75) is 41.6 Å². The zero-order chi connectivity index (χ0) is 39.0. The average Bonchev–Trinajstić information content (AvgIpc) is 3.42. The van der Waals surface area contributed by atoms with E-state index >= 15 is 0 Å². The normalized spacial score (nSPS) is 17.8. The molecule has 2 heterocycles. The molecule has 0 aromatic heterocycles. The third-order valence-corrected chi connectivity index (χ3v) is 12.2. The SMILES string of the molecule is CN([C@@H]1CC=CCN(O)C1=O)S(=O)(=O)c1ccc(Oc2ccc(Cl)cc2)cc1.Cc1ccc(-c2ccc(S(=O)(=O)N[C@@H]3CC=CCN(O)C3=O)cc2)cc1. The van der Waals surface area contributed by atoms with Gasteiger partial charge in [0.2, 0.25) is 20.0 Å². The first kappa shape index (κ1) is 40.3. The van der Waals surface area contributed by atoms with Gasteiger partial charge in [-0.05, 0) is 91.6 Å². The van der Waals surface area contributed by atoms with Gasteiger partial charge >= 0.3 is 0 Å². The minimum absolute atomic E-state index is 0.0176. The smallest absolute Gasteiger partial charge is 0.264 e. The molecule has 0 fully saturated rings. The highest BCUT2D eigenvalue weighted by Gasteiger charge is 2.35. The maximum atomic E-state index is 12.9. The van der Waals surface area contributed by atoms with Gasteiger partial charge in [-0.3, -0.25) is 20.0 Å². The number of hydrogen-bond donors (Lipinski definition) is 3. The third-order valence-electron chi connectivity index (χ3n) is 8.55. The number of hydrogen-bond acceptors (Lipinski definition) is 9. The minimum atomic E-state index is -3.94. The van der Waals surface area contributed by atoms with Crippen molar-refractivity contribution in [1.29, 1.82) is 0 Å². The molecule has 16 heteroatoms. The first-order valence-corrected chi connectivity index (χ1v) is 20.0. The standard InChI is InChI=1S/C19H19ClN2O5S.C19H20N2O4S/c1-21(18-4-2-3-13-22(24)19(18)23)28(25,26)17-11-9-16(10-12-17)27-15-7-5-14(20)6-8-15;1-14-5-7-15(8-6-14)16-9-11-17(12-10-16)26(24,25)20-18-4-2-3-13-21(23)19(18)22/h2-3,5-12,18,24H,4,13H2,1H3;2-3,5-12,18,20,23H,4,13H2,1H3/t2*18-/m11/s1. The van der Waals surface area contributed by atoms with Crippen molar-refractivity contribution in [1.82, 2.24) is 19.2 Å². The summed E-state index contributed by atoms with van der Waals surface area (Å²) in [7, 11) is -6.50. The summed E-state index contributed by atoms with van der Waals surface area (Å²) in [6.07, 6.45) is 6.94. The molecule has 6 rings (SSSR count). The maximum Gasteiger partial charge on any atom is 0.264 e. The van der Waals surface area contributed by atoms with Crippen molar-refractivity contribution in [2.75, 3.05) is 20.1 Å². The van der Waals surface area contributed by atoms with Gasteiger partial charge in [-0.25, -0.2) is 27.0 Å². The van der Waals surface area contributed by atoms with Crippen molar-refractivity contribution < 1.29 is 41.6 Å². The summed E-state index contributed by atoms with van der Waals surface area (Å²) < 4.78 is 59.9. The van der Waals surface area contributed by atoms with Gasteiger partial charge in [0.25, 0.3) is 11.8 Å². The van der Waals surface area contributed by atoms with Gasteiger partial charge in [-0.15, -0.1) is 0 Å². The highest BCUT2D eigenvalue weighted by molar-refractivity contribution is 7.89. The molecular weight excluding hydrogens is 756 g/mol. The summed E-state index contributed by atoms with van der Waals surface area (Å²) >= 11 is 5.84. The number of hydroxylamine groups is 4. The van der Waals surface area contributed by atoms with E-state index in [0.717, 1.165) is 21.0 Å². The topological polar surface area (TPSA) is 174 Å². The van der Waals surface area contributed by atoms with Crippen LogP contribution >= 0.6 is 11.6 Å². The van der Waals surface area contributed by atoms with Gasteiger partial charge in [0.15, 0.2) is 0 Å². The predicted molar refractivity (Wildman–Crippen MR) is 202 cm³/mol.